The maximum absolute atomic E-state index is 12.7. The highest BCUT2D eigenvalue weighted by atomic mass is 32.1. The molecule has 6 heteroatoms. The van der Waals surface area contributed by atoms with E-state index >= 15 is 0 Å². The summed E-state index contributed by atoms with van der Waals surface area (Å²) in [4.78, 5) is 30.5. The van der Waals surface area contributed by atoms with E-state index in [0.717, 1.165) is 24.2 Å². The van der Waals surface area contributed by atoms with Crippen molar-refractivity contribution in [3.8, 4) is 10.4 Å². The fourth-order valence-corrected chi connectivity index (χ4v) is 6.01. The molecule has 0 radical (unpaired) electrons. The van der Waals surface area contributed by atoms with Crippen molar-refractivity contribution in [1.29, 1.82) is 0 Å². The summed E-state index contributed by atoms with van der Waals surface area (Å²) in [5.74, 6) is 0.741. The number of rotatable bonds is 3. The molecule has 1 saturated heterocycles. The summed E-state index contributed by atoms with van der Waals surface area (Å²) in [7, 11) is 3.86. The van der Waals surface area contributed by atoms with Crippen molar-refractivity contribution in [3.63, 3.8) is 0 Å². The molecule has 0 saturated carbocycles. The van der Waals surface area contributed by atoms with Crippen molar-refractivity contribution < 1.29 is 4.79 Å². The molecule has 150 valence electrons. The molecule has 1 aromatic carbocycles. The minimum Gasteiger partial charge on any atom is -0.341 e. The molecule has 29 heavy (non-hydrogen) atoms. The van der Waals surface area contributed by atoms with E-state index in [1.54, 1.807) is 17.4 Å². The van der Waals surface area contributed by atoms with Gasteiger partial charge in [-0.2, -0.15) is 0 Å². The van der Waals surface area contributed by atoms with Crippen molar-refractivity contribution in [3.05, 3.63) is 58.5 Å². The van der Waals surface area contributed by atoms with Crippen LogP contribution in [-0.2, 0) is 11.3 Å². The number of hydrogen-bond donors (Lipinski definition) is 0. The van der Waals surface area contributed by atoms with Crippen LogP contribution in [0.4, 0.5) is 0 Å². The van der Waals surface area contributed by atoms with Gasteiger partial charge in [-0.15, -0.1) is 11.3 Å². The molecular formula is C23H25N3O2S. The summed E-state index contributed by atoms with van der Waals surface area (Å²) in [5.41, 5.74) is 2.34. The molecule has 0 aliphatic carbocycles. The van der Waals surface area contributed by atoms with E-state index in [1.165, 1.54) is 15.0 Å². The standard InChI is InChI=1S/C23H25N3O2S/c1-24(2)14-22(28)25-11-15-9-17(13-25)23-18(7-8-21(27)26(23)12-15)20-10-16-5-3-4-6-19(16)29-20/h3-8,10,15,17H,9,11-14H2,1-2H3/t15-,17+/m0/s1. The average molecular weight is 408 g/mol. The first-order valence-electron chi connectivity index (χ1n) is 10.1. The van der Waals surface area contributed by atoms with Crippen LogP contribution in [0.15, 0.2) is 47.3 Å². The number of piperidine rings is 1. The zero-order valence-corrected chi connectivity index (χ0v) is 17.6. The number of benzene rings is 1. The molecule has 3 aromatic rings. The Morgan fingerprint density at radius 1 is 1.14 bits per heavy atom. The van der Waals surface area contributed by atoms with Crippen molar-refractivity contribution in [1.82, 2.24) is 14.4 Å². The van der Waals surface area contributed by atoms with Gasteiger partial charge in [-0.25, -0.2) is 0 Å². The molecule has 2 aliphatic rings. The fraction of sp³-hybridized carbons (Fsp3) is 0.391. The molecule has 0 unspecified atom stereocenters. The van der Waals surface area contributed by atoms with Gasteiger partial charge >= 0.3 is 0 Å². The van der Waals surface area contributed by atoms with Gasteiger partial charge in [0, 0.05) is 52.5 Å². The van der Waals surface area contributed by atoms with Gasteiger partial charge < -0.3 is 14.4 Å². The highest BCUT2D eigenvalue weighted by Crippen LogP contribution is 2.42. The summed E-state index contributed by atoms with van der Waals surface area (Å²) in [6.45, 7) is 2.59. The second-order valence-corrected chi connectivity index (χ2v) is 9.65. The number of carbonyl (C=O) groups is 1. The summed E-state index contributed by atoms with van der Waals surface area (Å²) in [5, 5.41) is 1.23. The number of nitrogens with zero attached hydrogens (tertiary/aromatic N) is 3. The van der Waals surface area contributed by atoms with Crippen LogP contribution in [-0.4, -0.2) is 54.0 Å². The largest absolute Gasteiger partial charge is 0.341 e. The van der Waals surface area contributed by atoms with Gasteiger partial charge in [-0.05, 0) is 50.0 Å². The molecule has 2 aliphatic heterocycles. The quantitative estimate of drug-likeness (QED) is 0.670. The number of amides is 1. The van der Waals surface area contributed by atoms with E-state index in [-0.39, 0.29) is 17.4 Å². The summed E-state index contributed by atoms with van der Waals surface area (Å²) < 4.78 is 3.24. The minimum absolute atomic E-state index is 0.0765. The molecule has 5 nitrogen and oxygen atoms in total. The number of aromatic nitrogens is 1. The average Bonchev–Trinajstić information content (AvgIpc) is 3.12. The van der Waals surface area contributed by atoms with Crippen molar-refractivity contribution >= 4 is 27.3 Å². The third-order valence-electron chi connectivity index (χ3n) is 6.09. The van der Waals surface area contributed by atoms with Crippen molar-refractivity contribution in [2.75, 3.05) is 33.7 Å². The molecule has 1 fully saturated rings. The number of likely N-dealkylation sites (N-methyl/N-ethyl adjacent to an activating group) is 1. The SMILES string of the molecule is CN(C)CC(=O)N1C[C@@H]2C[C@H](C1)c1c(-c3cc4ccccc4s3)ccc(=O)n1C2. The topological polar surface area (TPSA) is 45.6 Å². The zero-order valence-electron chi connectivity index (χ0n) is 16.8. The molecule has 2 bridgehead atoms. The first-order valence-corrected chi connectivity index (χ1v) is 11.0. The summed E-state index contributed by atoms with van der Waals surface area (Å²) in [6.07, 6.45) is 1.05. The molecular weight excluding hydrogens is 382 g/mol. The van der Waals surface area contributed by atoms with Crippen LogP contribution in [0.5, 0.6) is 0 Å². The Kier molecular flexibility index (Phi) is 4.56. The van der Waals surface area contributed by atoms with E-state index in [1.807, 2.05) is 34.5 Å². The van der Waals surface area contributed by atoms with Crippen LogP contribution in [0.2, 0.25) is 0 Å². The maximum atomic E-state index is 12.7. The van der Waals surface area contributed by atoms with Gasteiger partial charge in [0.25, 0.3) is 5.56 Å². The van der Waals surface area contributed by atoms with Crippen LogP contribution in [0.3, 0.4) is 0 Å². The Morgan fingerprint density at radius 2 is 1.97 bits per heavy atom. The van der Waals surface area contributed by atoms with E-state index in [4.69, 9.17) is 0 Å². The number of fused-ring (bicyclic) bond motifs is 5. The normalized spacial score (nSPS) is 20.9. The highest BCUT2D eigenvalue weighted by molar-refractivity contribution is 7.22. The second-order valence-electron chi connectivity index (χ2n) is 8.56. The smallest absolute Gasteiger partial charge is 0.250 e. The third kappa shape index (κ3) is 3.30. The molecule has 5 rings (SSSR count). The number of thiophene rings is 1. The molecule has 0 N–H and O–H groups in total. The van der Waals surface area contributed by atoms with Crippen LogP contribution < -0.4 is 5.56 Å². The Labute approximate surface area is 174 Å². The second kappa shape index (κ2) is 7.11. The van der Waals surface area contributed by atoms with Crippen LogP contribution in [0, 0.1) is 5.92 Å². The lowest BCUT2D eigenvalue weighted by molar-refractivity contribution is -0.134. The zero-order chi connectivity index (χ0) is 20.1. The lowest BCUT2D eigenvalue weighted by Gasteiger charge is -2.43. The molecule has 0 spiro atoms. The monoisotopic (exact) mass is 407 g/mol. The molecule has 2 atom stereocenters. The van der Waals surface area contributed by atoms with E-state index in [9.17, 15) is 9.59 Å². The molecule has 2 aromatic heterocycles. The van der Waals surface area contributed by atoms with Crippen molar-refractivity contribution in [2.45, 2.75) is 18.9 Å². The van der Waals surface area contributed by atoms with Crippen LogP contribution in [0.25, 0.3) is 20.5 Å². The lowest BCUT2D eigenvalue weighted by Crippen LogP contribution is -2.51. The summed E-state index contributed by atoms with van der Waals surface area (Å²) in [6, 6.07) is 14.3. The van der Waals surface area contributed by atoms with Gasteiger partial charge in [0.2, 0.25) is 5.91 Å². The third-order valence-corrected chi connectivity index (χ3v) is 7.23. The van der Waals surface area contributed by atoms with Gasteiger partial charge in [0.15, 0.2) is 0 Å². The number of carbonyl (C=O) groups excluding carboxylic acids is 1. The van der Waals surface area contributed by atoms with Crippen LogP contribution >= 0.6 is 11.3 Å². The Bertz CT molecular complexity index is 1110. The number of hydrogen-bond acceptors (Lipinski definition) is 4. The van der Waals surface area contributed by atoms with Crippen molar-refractivity contribution in [2.24, 2.45) is 5.92 Å². The Hall–Kier alpha value is -2.44. The fourth-order valence-electron chi connectivity index (χ4n) is 4.91. The van der Waals surface area contributed by atoms with Gasteiger partial charge in [0.1, 0.15) is 0 Å². The molecule has 1 amide bonds. The number of pyridine rings is 1. The first-order chi connectivity index (χ1) is 14.0. The number of likely N-dealkylation sites (tertiary alicyclic amines) is 1. The van der Waals surface area contributed by atoms with E-state index < -0.39 is 0 Å². The van der Waals surface area contributed by atoms with Gasteiger partial charge in [0.05, 0.1) is 6.54 Å². The Balaban J connectivity index is 1.57. The van der Waals surface area contributed by atoms with E-state index in [0.29, 0.717) is 25.6 Å². The minimum atomic E-state index is 0.0765. The predicted octanol–water partition coefficient (Wildman–Crippen LogP) is 3.24. The Morgan fingerprint density at radius 3 is 2.76 bits per heavy atom. The van der Waals surface area contributed by atoms with Crippen LogP contribution in [0.1, 0.15) is 18.0 Å². The van der Waals surface area contributed by atoms with Gasteiger partial charge in [-0.3, -0.25) is 9.59 Å². The molecule has 4 heterocycles. The first kappa shape index (κ1) is 18.6. The van der Waals surface area contributed by atoms with Gasteiger partial charge in [-0.1, -0.05) is 18.2 Å². The lowest BCUT2D eigenvalue weighted by atomic mass is 9.81. The highest BCUT2D eigenvalue weighted by Gasteiger charge is 2.38. The maximum Gasteiger partial charge on any atom is 0.250 e. The predicted molar refractivity (Wildman–Crippen MR) is 118 cm³/mol. The summed E-state index contributed by atoms with van der Waals surface area (Å²) >= 11 is 1.77. The van der Waals surface area contributed by atoms with E-state index in [2.05, 4.69) is 30.3 Å².